The summed E-state index contributed by atoms with van der Waals surface area (Å²) in [5.74, 6) is -5.44. The van der Waals surface area contributed by atoms with Crippen molar-refractivity contribution < 1.29 is 26.4 Å². The number of nitrogens with zero attached hydrogens (tertiary/aromatic N) is 2. The first-order valence-electron chi connectivity index (χ1n) is 9.46. The van der Waals surface area contributed by atoms with E-state index in [0.29, 0.717) is 6.07 Å². The fraction of sp³-hybridized carbons (Fsp3) is 0.381. The maximum absolute atomic E-state index is 13.9. The molecule has 0 N–H and O–H groups in total. The molecule has 1 aliphatic rings. The van der Waals surface area contributed by atoms with Crippen molar-refractivity contribution >= 4 is 15.9 Å². The second-order valence-electron chi connectivity index (χ2n) is 8.19. The van der Waals surface area contributed by atoms with Crippen molar-refractivity contribution in [1.29, 1.82) is 0 Å². The number of sulfonamides is 1. The third-order valence-electron chi connectivity index (χ3n) is 5.15. The molecule has 30 heavy (non-hydrogen) atoms. The van der Waals surface area contributed by atoms with Gasteiger partial charge in [0, 0.05) is 26.2 Å². The molecule has 0 bridgehead atoms. The molecule has 5 nitrogen and oxygen atoms in total. The Morgan fingerprint density at radius 1 is 0.867 bits per heavy atom. The van der Waals surface area contributed by atoms with Crippen LogP contribution in [-0.2, 0) is 15.4 Å². The lowest BCUT2D eigenvalue weighted by atomic mass is 9.87. The Bertz CT molecular complexity index is 1060. The predicted octanol–water partition coefficient (Wildman–Crippen LogP) is 3.55. The molecule has 0 aliphatic carbocycles. The highest BCUT2D eigenvalue weighted by atomic mass is 32.2. The minimum Gasteiger partial charge on any atom is -0.336 e. The molecule has 0 unspecified atom stereocenters. The van der Waals surface area contributed by atoms with E-state index in [1.165, 1.54) is 9.21 Å². The summed E-state index contributed by atoms with van der Waals surface area (Å²) in [6.45, 7) is 6.14. The summed E-state index contributed by atoms with van der Waals surface area (Å²) >= 11 is 0. The molecule has 1 fully saturated rings. The van der Waals surface area contributed by atoms with Gasteiger partial charge in [-0.1, -0.05) is 32.9 Å². The van der Waals surface area contributed by atoms with Crippen LogP contribution in [0.1, 0.15) is 36.7 Å². The van der Waals surface area contributed by atoms with Gasteiger partial charge in [-0.05, 0) is 35.2 Å². The first kappa shape index (κ1) is 22.3. The highest BCUT2D eigenvalue weighted by Crippen LogP contribution is 2.25. The number of halogens is 3. The van der Waals surface area contributed by atoms with Crippen molar-refractivity contribution in [3.8, 4) is 0 Å². The number of benzene rings is 2. The second kappa shape index (κ2) is 8.03. The molecular formula is C21H23F3N2O3S. The Morgan fingerprint density at radius 3 is 1.97 bits per heavy atom. The van der Waals surface area contributed by atoms with E-state index in [2.05, 4.69) is 0 Å². The van der Waals surface area contributed by atoms with Gasteiger partial charge < -0.3 is 4.90 Å². The van der Waals surface area contributed by atoms with E-state index in [4.69, 9.17) is 0 Å². The van der Waals surface area contributed by atoms with Crippen LogP contribution in [0, 0.1) is 17.5 Å². The van der Waals surface area contributed by atoms with E-state index in [9.17, 15) is 26.4 Å². The molecule has 2 aromatic carbocycles. The zero-order valence-electron chi connectivity index (χ0n) is 17.0. The molecular weight excluding hydrogens is 417 g/mol. The van der Waals surface area contributed by atoms with Gasteiger partial charge in [-0.3, -0.25) is 4.79 Å². The lowest BCUT2D eigenvalue weighted by Gasteiger charge is -2.34. The smallest absolute Gasteiger partial charge is 0.257 e. The van der Waals surface area contributed by atoms with Crippen LogP contribution >= 0.6 is 0 Å². The Balaban J connectivity index is 1.72. The van der Waals surface area contributed by atoms with Crippen molar-refractivity contribution in [3.63, 3.8) is 0 Å². The molecule has 0 spiro atoms. The van der Waals surface area contributed by atoms with Crippen LogP contribution < -0.4 is 0 Å². The molecule has 1 saturated heterocycles. The summed E-state index contributed by atoms with van der Waals surface area (Å²) in [7, 11) is -3.75. The van der Waals surface area contributed by atoms with Gasteiger partial charge in [0.05, 0.1) is 10.5 Å². The second-order valence-corrected chi connectivity index (χ2v) is 10.1. The maximum Gasteiger partial charge on any atom is 0.257 e. The van der Waals surface area contributed by atoms with Crippen LogP contribution in [0.25, 0.3) is 0 Å². The zero-order valence-corrected chi connectivity index (χ0v) is 17.8. The van der Waals surface area contributed by atoms with Gasteiger partial charge in [0.25, 0.3) is 5.91 Å². The largest absolute Gasteiger partial charge is 0.336 e. The van der Waals surface area contributed by atoms with Crippen LogP contribution in [0.5, 0.6) is 0 Å². The van der Waals surface area contributed by atoms with Crippen LogP contribution in [0.4, 0.5) is 13.2 Å². The lowest BCUT2D eigenvalue weighted by molar-refractivity contribution is 0.0691. The molecule has 0 radical (unpaired) electrons. The maximum atomic E-state index is 13.9. The summed E-state index contributed by atoms with van der Waals surface area (Å²) in [5, 5.41) is 0. The van der Waals surface area contributed by atoms with E-state index in [-0.39, 0.29) is 36.5 Å². The first-order chi connectivity index (χ1) is 13.9. The van der Waals surface area contributed by atoms with Crippen molar-refractivity contribution in [1.82, 2.24) is 9.21 Å². The Morgan fingerprint density at radius 2 is 1.43 bits per heavy atom. The number of piperazine rings is 1. The van der Waals surface area contributed by atoms with E-state index < -0.39 is 38.9 Å². The number of rotatable bonds is 3. The van der Waals surface area contributed by atoms with Crippen molar-refractivity contribution in [2.75, 3.05) is 26.2 Å². The highest BCUT2D eigenvalue weighted by molar-refractivity contribution is 7.89. The number of carbonyl (C=O) groups excluding carboxylic acids is 1. The SMILES string of the molecule is CC(C)(C)c1ccc(S(=O)(=O)N2CCN(C(=O)c3ccc(F)c(F)c3F)CC2)cc1. The molecule has 2 aromatic rings. The minimum atomic E-state index is -3.75. The topological polar surface area (TPSA) is 57.7 Å². The molecule has 1 aliphatic heterocycles. The van der Waals surface area contributed by atoms with Gasteiger partial charge >= 0.3 is 0 Å². The fourth-order valence-electron chi connectivity index (χ4n) is 3.27. The van der Waals surface area contributed by atoms with Crippen molar-refractivity contribution in [2.45, 2.75) is 31.1 Å². The molecule has 0 saturated carbocycles. The molecule has 162 valence electrons. The first-order valence-corrected chi connectivity index (χ1v) is 10.9. The number of hydrogen-bond donors (Lipinski definition) is 0. The summed E-state index contributed by atoms with van der Waals surface area (Å²) in [4.78, 5) is 13.9. The van der Waals surface area contributed by atoms with Crippen LogP contribution in [0.15, 0.2) is 41.3 Å². The van der Waals surface area contributed by atoms with Crippen LogP contribution in [-0.4, -0.2) is 49.7 Å². The van der Waals surface area contributed by atoms with Crippen LogP contribution in [0.2, 0.25) is 0 Å². The normalized spacial score (nSPS) is 16.0. The zero-order chi connectivity index (χ0) is 22.3. The van der Waals surface area contributed by atoms with Crippen molar-refractivity contribution in [3.05, 3.63) is 65.0 Å². The molecule has 3 rings (SSSR count). The van der Waals surface area contributed by atoms with Gasteiger partial charge in [-0.2, -0.15) is 4.31 Å². The Kier molecular flexibility index (Phi) is 5.97. The predicted molar refractivity (Wildman–Crippen MR) is 106 cm³/mol. The van der Waals surface area contributed by atoms with Gasteiger partial charge in [0.2, 0.25) is 10.0 Å². The van der Waals surface area contributed by atoms with Crippen LogP contribution in [0.3, 0.4) is 0 Å². The average molecular weight is 440 g/mol. The highest BCUT2D eigenvalue weighted by Gasteiger charge is 2.32. The van der Waals surface area contributed by atoms with Gasteiger partial charge in [0.15, 0.2) is 17.5 Å². The molecule has 0 atom stereocenters. The van der Waals surface area contributed by atoms with Crippen molar-refractivity contribution in [2.24, 2.45) is 0 Å². The third-order valence-corrected chi connectivity index (χ3v) is 7.06. The molecule has 1 amide bonds. The lowest BCUT2D eigenvalue weighted by Crippen LogP contribution is -2.50. The van der Waals surface area contributed by atoms with Gasteiger partial charge in [0.1, 0.15) is 0 Å². The Labute approximate surface area is 174 Å². The van der Waals surface area contributed by atoms with Gasteiger partial charge in [-0.25, -0.2) is 21.6 Å². The van der Waals surface area contributed by atoms with E-state index in [1.807, 2.05) is 20.8 Å². The number of amides is 1. The summed E-state index contributed by atoms with van der Waals surface area (Å²) < 4.78 is 67.5. The van der Waals surface area contributed by atoms with E-state index >= 15 is 0 Å². The standard InChI is InChI=1S/C21H23F3N2O3S/c1-21(2,3)14-4-6-15(7-5-14)30(28,29)26-12-10-25(11-13-26)20(27)16-8-9-17(22)19(24)18(16)23/h4-9H,10-13H2,1-3H3. The van der Waals surface area contributed by atoms with E-state index in [1.54, 1.807) is 24.3 Å². The summed E-state index contributed by atoms with van der Waals surface area (Å²) in [6.07, 6.45) is 0. The minimum absolute atomic E-state index is 0.0105. The molecule has 1 heterocycles. The number of hydrogen-bond acceptors (Lipinski definition) is 3. The summed E-state index contributed by atoms with van der Waals surface area (Å²) in [6, 6.07) is 8.24. The third kappa shape index (κ3) is 4.22. The quantitative estimate of drug-likeness (QED) is 0.686. The monoisotopic (exact) mass is 440 g/mol. The summed E-state index contributed by atoms with van der Waals surface area (Å²) in [5.41, 5.74) is 0.317. The van der Waals surface area contributed by atoms with E-state index in [0.717, 1.165) is 11.6 Å². The molecule has 9 heteroatoms. The Hall–Kier alpha value is -2.39. The number of carbonyl (C=O) groups is 1. The fourth-order valence-corrected chi connectivity index (χ4v) is 4.69. The average Bonchev–Trinajstić information content (AvgIpc) is 2.71. The van der Waals surface area contributed by atoms with Gasteiger partial charge in [-0.15, -0.1) is 0 Å². The molecule has 0 aromatic heterocycles.